The van der Waals surface area contributed by atoms with E-state index >= 15 is 0 Å². The number of carbonyl (C=O) groups is 1. The van der Waals surface area contributed by atoms with Gasteiger partial charge in [0.2, 0.25) is 0 Å². The van der Waals surface area contributed by atoms with Gasteiger partial charge in [-0.1, -0.05) is 41.9 Å². The van der Waals surface area contributed by atoms with Crippen LogP contribution in [0.4, 0.5) is 0 Å². The Balaban J connectivity index is 1.66. The van der Waals surface area contributed by atoms with E-state index in [1.807, 2.05) is 42.5 Å². The van der Waals surface area contributed by atoms with Crippen LogP contribution in [0.3, 0.4) is 0 Å². The summed E-state index contributed by atoms with van der Waals surface area (Å²) < 4.78 is 7.32. The summed E-state index contributed by atoms with van der Waals surface area (Å²) in [6, 6.07) is 17.1. The quantitative estimate of drug-likeness (QED) is 0.723. The molecular weight excluding hydrogens is 362 g/mol. The number of nitrogens with one attached hydrogen (secondary N) is 1. The summed E-state index contributed by atoms with van der Waals surface area (Å²) in [5.41, 5.74) is 2.89. The number of amides is 1. The maximum absolute atomic E-state index is 12.9. The Hall–Kier alpha value is -2.63. The number of nitrogens with zero attached hydrogens (tertiary/aromatic N) is 2. The topological polar surface area (TPSA) is 56.1 Å². The van der Waals surface area contributed by atoms with Gasteiger partial charge in [0.15, 0.2) is 0 Å². The average molecular weight is 382 g/mol. The lowest BCUT2D eigenvalue weighted by Gasteiger charge is -2.10. The third-order valence-electron chi connectivity index (χ3n) is 4.61. The highest BCUT2D eigenvalue weighted by molar-refractivity contribution is 6.30. The molecule has 1 aliphatic rings. The maximum atomic E-state index is 12.9. The van der Waals surface area contributed by atoms with Crippen LogP contribution < -0.4 is 5.32 Å². The molecule has 1 aliphatic heterocycles. The van der Waals surface area contributed by atoms with Crippen molar-refractivity contribution in [1.29, 1.82) is 0 Å². The van der Waals surface area contributed by atoms with E-state index in [9.17, 15) is 4.79 Å². The molecule has 1 amide bonds. The molecule has 27 heavy (non-hydrogen) atoms. The Morgan fingerprint density at radius 3 is 2.67 bits per heavy atom. The molecule has 0 aliphatic carbocycles. The van der Waals surface area contributed by atoms with Gasteiger partial charge in [-0.2, -0.15) is 5.10 Å². The summed E-state index contributed by atoms with van der Waals surface area (Å²) in [5, 5.41) is 8.29. The second kappa shape index (κ2) is 7.94. The predicted octanol–water partition coefficient (Wildman–Crippen LogP) is 4.10. The Morgan fingerprint density at radius 2 is 1.96 bits per heavy atom. The second-order valence-electron chi connectivity index (χ2n) is 6.52. The smallest absolute Gasteiger partial charge is 0.255 e. The van der Waals surface area contributed by atoms with Crippen molar-refractivity contribution in [1.82, 2.24) is 15.1 Å². The number of halogens is 1. The number of hydrogen-bond acceptors (Lipinski definition) is 3. The van der Waals surface area contributed by atoms with Gasteiger partial charge in [0, 0.05) is 29.9 Å². The number of carbonyl (C=O) groups excluding carboxylic acids is 1. The maximum Gasteiger partial charge on any atom is 0.255 e. The normalized spacial score (nSPS) is 16.4. The van der Waals surface area contributed by atoms with Gasteiger partial charge in [0.05, 0.1) is 17.4 Å². The highest BCUT2D eigenvalue weighted by Gasteiger charge is 2.21. The summed E-state index contributed by atoms with van der Waals surface area (Å²) in [7, 11) is 0. The van der Waals surface area contributed by atoms with Crippen LogP contribution in [0.25, 0.3) is 16.9 Å². The summed E-state index contributed by atoms with van der Waals surface area (Å²) in [5.74, 6) is -0.155. The molecule has 1 aromatic heterocycles. The van der Waals surface area contributed by atoms with E-state index in [0.717, 1.165) is 30.7 Å². The van der Waals surface area contributed by atoms with Crippen molar-refractivity contribution in [3.63, 3.8) is 0 Å². The minimum atomic E-state index is -0.155. The van der Waals surface area contributed by atoms with Crippen molar-refractivity contribution in [2.75, 3.05) is 13.2 Å². The van der Waals surface area contributed by atoms with Crippen molar-refractivity contribution < 1.29 is 9.53 Å². The fourth-order valence-corrected chi connectivity index (χ4v) is 3.31. The largest absolute Gasteiger partial charge is 0.376 e. The van der Waals surface area contributed by atoms with Crippen molar-refractivity contribution in [2.45, 2.75) is 18.9 Å². The zero-order valence-electron chi connectivity index (χ0n) is 14.8. The predicted molar refractivity (Wildman–Crippen MR) is 105 cm³/mol. The number of aromatic nitrogens is 2. The van der Waals surface area contributed by atoms with E-state index in [1.165, 1.54) is 0 Å². The molecule has 6 heteroatoms. The summed E-state index contributed by atoms with van der Waals surface area (Å²) in [4.78, 5) is 12.9. The lowest BCUT2D eigenvalue weighted by atomic mass is 10.1. The number of hydrogen-bond donors (Lipinski definition) is 1. The van der Waals surface area contributed by atoms with E-state index in [1.54, 1.807) is 23.0 Å². The van der Waals surface area contributed by atoms with Crippen LogP contribution in [0.15, 0.2) is 60.8 Å². The summed E-state index contributed by atoms with van der Waals surface area (Å²) in [6.45, 7) is 1.28. The Bertz CT molecular complexity index is 916. The van der Waals surface area contributed by atoms with Crippen LogP contribution in [-0.4, -0.2) is 34.9 Å². The number of para-hydroxylation sites is 1. The molecular formula is C21H20ClN3O2. The van der Waals surface area contributed by atoms with Crippen LogP contribution in [0.5, 0.6) is 0 Å². The van der Waals surface area contributed by atoms with Gasteiger partial charge < -0.3 is 10.1 Å². The third kappa shape index (κ3) is 4.04. The van der Waals surface area contributed by atoms with Gasteiger partial charge in [0.25, 0.3) is 5.91 Å². The van der Waals surface area contributed by atoms with Crippen LogP contribution >= 0.6 is 11.6 Å². The number of ether oxygens (including phenoxy) is 1. The van der Waals surface area contributed by atoms with Crippen LogP contribution in [-0.2, 0) is 4.74 Å². The Labute approximate surface area is 162 Å². The molecule has 5 nitrogen and oxygen atoms in total. The molecule has 0 saturated carbocycles. The Morgan fingerprint density at radius 1 is 1.19 bits per heavy atom. The molecule has 0 bridgehead atoms. The molecule has 1 fully saturated rings. The molecule has 4 rings (SSSR count). The lowest BCUT2D eigenvalue weighted by Crippen LogP contribution is -2.31. The molecule has 0 spiro atoms. The zero-order chi connectivity index (χ0) is 18.6. The van der Waals surface area contributed by atoms with Gasteiger partial charge in [0.1, 0.15) is 5.69 Å². The first-order chi connectivity index (χ1) is 13.2. The lowest BCUT2D eigenvalue weighted by molar-refractivity contribution is 0.0858. The molecule has 1 N–H and O–H groups in total. The molecule has 2 aromatic carbocycles. The monoisotopic (exact) mass is 381 g/mol. The van der Waals surface area contributed by atoms with Crippen LogP contribution in [0.2, 0.25) is 5.02 Å². The van der Waals surface area contributed by atoms with Crippen molar-refractivity contribution in [3.8, 4) is 16.9 Å². The van der Waals surface area contributed by atoms with Gasteiger partial charge in [-0.15, -0.1) is 0 Å². The van der Waals surface area contributed by atoms with Crippen molar-refractivity contribution in [3.05, 3.63) is 71.4 Å². The molecule has 0 unspecified atom stereocenters. The van der Waals surface area contributed by atoms with E-state index in [2.05, 4.69) is 10.4 Å². The minimum absolute atomic E-state index is 0.0945. The Kier molecular flexibility index (Phi) is 5.23. The molecule has 3 aromatic rings. The number of benzene rings is 2. The van der Waals surface area contributed by atoms with E-state index < -0.39 is 0 Å². The molecule has 1 saturated heterocycles. The fourth-order valence-electron chi connectivity index (χ4n) is 3.18. The fraction of sp³-hybridized carbons (Fsp3) is 0.238. The van der Waals surface area contributed by atoms with Crippen molar-refractivity contribution >= 4 is 17.5 Å². The van der Waals surface area contributed by atoms with Gasteiger partial charge in [-0.25, -0.2) is 4.68 Å². The average Bonchev–Trinajstić information content (AvgIpc) is 3.37. The minimum Gasteiger partial charge on any atom is -0.376 e. The zero-order valence-corrected chi connectivity index (χ0v) is 15.5. The van der Waals surface area contributed by atoms with Crippen LogP contribution in [0, 0.1) is 0 Å². The second-order valence-corrected chi connectivity index (χ2v) is 6.96. The van der Waals surface area contributed by atoms with E-state index in [-0.39, 0.29) is 12.0 Å². The van der Waals surface area contributed by atoms with Crippen LogP contribution in [0.1, 0.15) is 23.2 Å². The standard InChI is InChI=1S/C21H20ClN3O2/c22-16-10-8-15(9-11-16)20-19(21(26)23-13-18-7-4-12-27-18)14-25(24-20)17-5-2-1-3-6-17/h1-3,5-6,8-11,14,18H,4,7,12-13H2,(H,23,26)/t18-/m0/s1. The third-order valence-corrected chi connectivity index (χ3v) is 4.86. The highest BCUT2D eigenvalue weighted by Crippen LogP contribution is 2.25. The van der Waals surface area contributed by atoms with Crippen molar-refractivity contribution in [2.24, 2.45) is 0 Å². The van der Waals surface area contributed by atoms with Gasteiger partial charge in [-0.3, -0.25) is 4.79 Å². The number of rotatable bonds is 5. The summed E-state index contributed by atoms with van der Waals surface area (Å²) in [6.07, 6.45) is 3.89. The molecule has 1 atom stereocenters. The summed E-state index contributed by atoms with van der Waals surface area (Å²) >= 11 is 6.01. The van der Waals surface area contributed by atoms with E-state index in [0.29, 0.717) is 22.8 Å². The first-order valence-electron chi connectivity index (χ1n) is 9.01. The van der Waals surface area contributed by atoms with E-state index in [4.69, 9.17) is 16.3 Å². The van der Waals surface area contributed by atoms with Gasteiger partial charge >= 0.3 is 0 Å². The molecule has 138 valence electrons. The highest BCUT2D eigenvalue weighted by atomic mass is 35.5. The first kappa shape index (κ1) is 17.8. The van der Waals surface area contributed by atoms with Gasteiger partial charge in [-0.05, 0) is 37.1 Å². The molecule has 2 heterocycles. The SMILES string of the molecule is O=C(NC[C@@H]1CCCO1)c1cn(-c2ccccc2)nc1-c1ccc(Cl)cc1. The molecule has 0 radical (unpaired) electrons. The first-order valence-corrected chi connectivity index (χ1v) is 9.39.